The van der Waals surface area contributed by atoms with E-state index in [-0.39, 0.29) is 36.1 Å². The highest BCUT2D eigenvalue weighted by Gasteiger charge is 2.48. The monoisotopic (exact) mass is 361 g/mol. The van der Waals surface area contributed by atoms with Gasteiger partial charge in [0.25, 0.3) is 0 Å². The smallest absolute Gasteiger partial charge is 0.246 e. The Morgan fingerprint density at radius 3 is 2.56 bits per heavy atom. The molecule has 1 aliphatic heterocycles. The summed E-state index contributed by atoms with van der Waals surface area (Å²) < 4.78 is 0. The fourth-order valence-corrected chi connectivity index (χ4v) is 5.47. The number of hydrogen-bond acceptors (Lipinski definition) is 5. The first-order chi connectivity index (χ1) is 12.0. The molecule has 3 atom stereocenters. The molecule has 0 radical (unpaired) electrons. The number of hydrogen-bond donors (Lipinski definition) is 1. The van der Waals surface area contributed by atoms with Crippen molar-refractivity contribution in [2.75, 3.05) is 11.9 Å². The van der Waals surface area contributed by atoms with Gasteiger partial charge in [-0.2, -0.15) is 0 Å². The second-order valence-corrected chi connectivity index (χ2v) is 8.63. The number of aryl methyl sites for hydroxylation is 1. The minimum atomic E-state index is -0.334. The Labute approximate surface area is 151 Å². The Kier molecular flexibility index (Phi) is 4.35. The zero-order valence-corrected chi connectivity index (χ0v) is 15.2. The van der Waals surface area contributed by atoms with Crippen LogP contribution in [0.1, 0.15) is 49.6 Å². The van der Waals surface area contributed by atoms with Crippen LogP contribution in [0, 0.1) is 17.8 Å². The van der Waals surface area contributed by atoms with E-state index in [0.717, 1.165) is 55.5 Å². The van der Waals surface area contributed by atoms with Gasteiger partial charge in [0.05, 0.1) is 17.5 Å². The quantitative estimate of drug-likeness (QED) is 0.839. The van der Waals surface area contributed by atoms with E-state index in [1.165, 1.54) is 16.2 Å². The number of thiazole rings is 1. The summed E-state index contributed by atoms with van der Waals surface area (Å²) in [5.74, 6) is -0.432. The van der Waals surface area contributed by atoms with E-state index < -0.39 is 0 Å². The van der Waals surface area contributed by atoms with Gasteiger partial charge >= 0.3 is 0 Å². The number of nitrogens with one attached hydrogen (secondary N) is 1. The maximum absolute atomic E-state index is 12.4. The normalized spacial score (nSPS) is 28.7. The first-order valence-corrected chi connectivity index (χ1v) is 9.98. The summed E-state index contributed by atoms with van der Waals surface area (Å²) in [4.78, 5) is 44.2. The number of amides is 3. The van der Waals surface area contributed by atoms with E-state index in [0.29, 0.717) is 11.0 Å². The Hall–Kier alpha value is -1.76. The van der Waals surface area contributed by atoms with Crippen molar-refractivity contribution in [3.05, 3.63) is 10.6 Å². The van der Waals surface area contributed by atoms with E-state index in [2.05, 4.69) is 17.2 Å². The lowest BCUT2D eigenvalue weighted by Gasteiger charge is -2.19. The Balaban J connectivity index is 1.41. The van der Waals surface area contributed by atoms with Crippen LogP contribution < -0.4 is 5.32 Å². The van der Waals surface area contributed by atoms with Crippen molar-refractivity contribution in [3.63, 3.8) is 0 Å². The summed E-state index contributed by atoms with van der Waals surface area (Å²) in [5.41, 5.74) is 1.08. The van der Waals surface area contributed by atoms with Gasteiger partial charge in [-0.05, 0) is 38.0 Å². The molecule has 134 valence electrons. The molecule has 6 nitrogen and oxygen atoms in total. The summed E-state index contributed by atoms with van der Waals surface area (Å²) in [6.45, 7) is 2.04. The summed E-state index contributed by atoms with van der Waals surface area (Å²) in [6.07, 6.45) is 6.61. The molecule has 25 heavy (non-hydrogen) atoms. The average molecular weight is 361 g/mol. The molecule has 1 saturated heterocycles. The van der Waals surface area contributed by atoms with Gasteiger partial charge in [-0.1, -0.05) is 19.8 Å². The van der Waals surface area contributed by atoms with Crippen molar-refractivity contribution in [2.24, 2.45) is 17.8 Å². The van der Waals surface area contributed by atoms with Crippen molar-refractivity contribution in [2.45, 2.75) is 51.9 Å². The highest BCUT2D eigenvalue weighted by molar-refractivity contribution is 7.15. The van der Waals surface area contributed by atoms with Crippen LogP contribution in [0.2, 0.25) is 0 Å². The van der Waals surface area contributed by atoms with Gasteiger partial charge in [-0.25, -0.2) is 4.98 Å². The third-order valence-electron chi connectivity index (χ3n) is 5.67. The minimum Gasteiger partial charge on any atom is -0.300 e. The predicted octanol–water partition coefficient (Wildman–Crippen LogP) is 2.38. The van der Waals surface area contributed by atoms with Crippen LogP contribution in [0.3, 0.4) is 0 Å². The maximum Gasteiger partial charge on any atom is 0.246 e. The molecule has 0 aromatic carbocycles. The number of rotatable bonds is 3. The number of nitrogens with zero attached hydrogens (tertiary/aromatic N) is 2. The molecule has 4 rings (SSSR count). The average Bonchev–Trinajstić information content (AvgIpc) is 3.09. The van der Waals surface area contributed by atoms with Crippen LogP contribution in [0.15, 0.2) is 0 Å². The summed E-state index contributed by atoms with van der Waals surface area (Å²) in [6, 6.07) is 0. The van der Waals surface area contributed by atoms with Crippen LogP contribution >= 0.6 is 11.3 Å². The summed E-state index contributed by atoms with van der Waals surface area (Å²) >= 11 is 1.52. The molecule has 2 fully saturated rings. The number of carbonyl (C=O) groups excluding carboxylic acids is 3. The lowest BCUT2D eigenvalue weighted by atomic mass is 9.81. The Bertz CT molecular complexity index is 705. The highest BCUT2D eigenvalue weighted by Crippen LogP contribution is 2.38. The molecule has 3 aliphatic rings. The van der Waals surface area contributed by atoms with Gasteiger partial charge in [0.1, 0.15) is 6.54 Å². The third kappa shape index (κ3) is 3.10. The van der Waals surface area contributed by atoms with Gasteiger partial charge < -0.3 is 5.32 Å². The molecule has 1 N–H and O–H groups in total. The number of anilines is 1. The molecule has 2 aliphatic carbocycles. The second kappa shape index (κ2) is 6.52. The molecule has 0 bridgehead atoms. The van der Waals surface area contributed by atoms with Gasteiger partial charge in [0, 0.05) is 4.88 Å². The fourth-order valence-electron chi connectivity index (χ4n) is 4.28. The predicted molar refractivity (Wildman–Crippen MR) is 94.1 cm³/mol. The molecule has 7 heteroatoms. The van der Waals surface area contributed by atoms with Crippen LogP contribution in [0.5, 0.6) is 0 Å². The molecule has 1 aromatic rings. The van der Waals surface area contributed by atoms with Crippen LogP contribution in [-0.4, -0.2) is 34.2 Å². The van der Waals surface area contributed by atoms with Crippen molar-refractivity contribution < 1.29 is 14.4 Å². The number of fused-ring (bicyclic) bond motifs is 2. The Morgan fingerprint density at radius 2 is 1.88 bits per heavy atom. The van der Waals surface area contributed by atoms with E-state index in [9.17, 15) is 14.4 Å². The van der Waals surface area contributed by atoms with Crippen molar-refractivity contribution in [1.82, 2.24) is 9.88 Å². The first-order valence-electron chi connectivity index (χ1n) is 9.16. The number of carbonyl (C=O) groups is 3. The van der Waals surface area contributed by atoms with Crippen molar-refractivity contribution >= 4 is 34.2 Å². The first kappa shape index (κ1) is 16.7. The third-order valence-corrected chi connectivity index (χ3v) is 6.70. The van der Waals surface area contributed by atoms with Crippen molar-refractivity contribution in [1.29, 1.82) is 0 Å². The molecule has 1 saturated carbocycles. The van der Waals surface area contributed by atoms with E-state index >= 15 is 0 Å². The number of likely N-dealkylation sites (tertiary alicyclic amines) is 1. The minimum absolute atomic E-state index is 0.169. The molecular weight excluding hydrogens is 338 g/mol. The zero-order valence-electron chi connectivity index (χ0n) is 14.4. The van der Waals surface area contributed by atoms with Crippen LogP contribution in [0.4, 0.5) is 5.13 Å². The SMILES string of the molecule is C[C@@H]1CCc2nc(NC(=O)CN3C(=O)[C@H]4CCCC[C@@H]4C3=O)sc2C1. The number of imide groups is 1. The topological polar surface area (TPSA) is 79.4 Å². The molecular formula is C18H23N3O3S. The highest BCUT2D eigenvalue weighted by atomic mass is 32.1. The van der Waals surface area contributed by atoms with E-state index in [1.54, 1.807) is 0 Å². The fraction of sp³-hybridized carbons (Fsp3) is 0.667. The Morgan fingerprint density at radius 1 is 1.20 bits per heavy atom. The maximum atomic E-state index is 12.4. The largest absolute Gasteiger partial charge is 0.300 e. The van der Waals surface area contributed by atoms with Crippen molar-refractivity contribution in [3.8, 4) is 0 Å². The number of aromatic nitrogens is 1. The molecule has 1 aromatic heterocycles. The molecule has 3 amide bonds. The van der Waals surface area contributed by atoms with E-state index in [1.807, 2.05) is 0 Å². The summed E-state index contributed by atoms with van der Waals surface area (Å²) in [5, 5.41) is 3.37. The lowest BCUT2D eigenvalue weighted by Crippen LogP contribution is -2.38. The van der Waals surface area contributed by atoms with Crippen LogP contribution in [0.25, 0.3) is 0 Å². The molecule has 0 unspecified atom stereocenters. The summed E-state index contributed by atoms with van der Waals surface area (Å²) in [7, 11) is 0. The second-order valence-electron chi connectivity index (χ2n) is 7.55. The lowest BCUT2D eigenvalue weighted by molar-refractivity contribution is -0.142. The van der Waals surface area contributed by atoms with Gasteiger partial charge in [-0.3, -0.25) is 19.3 Å². The zero-order chi connectivity index (χ0) is 17.6. The van der Waals surface area contributed by atoms with Crippen LogP contribution in [-0.2, 0) is 27.2 Å². The van der Waals surface area contributed by atoms with Gasteiger partial charge in [-0.15, -0.1) is 11.3 Å². The molecule has 0 spiro atoms. The molecule has 2 heterocycles. The van der Waals surface area contributed by atoms with Gasteiger partial charge in [0.2, 0.25) is 17.7 Å². The standard InChI is InChI=1S/C18H23N3O3S/c1-10-6-7-13-14(8-10)25-18(19-13)20-15(22)9-21-16(23)11-4-2-3-5-12(11)17(21)24/h10-12H,2-9H2,1H3,(H,19,20,22)/t10-,11+,12+/m1/s1. The van der Waals surface area contributed by atoms with Gasteiger partial charge in [0.15, 0.2) is 5.13 Å². The van der Waals surface area contributed by atoms with E-state index in [4.69, 9.17) is 0 Å².